The van der Waals surface area contributed by atoms with Gasteiger partial charge in [0.2, 0.25) is 5.89 Å². The lowest BCUT2D eigenvalue weighted by molar-refractivity contribution is 0.317. The van der Waals surface area contributed by atoms with Gasteiger partial charge >= 0.3 is 0 Å². The fourth-order valence-corrected chi connectivity index (χ4v) is 4.90. The van der Waals surface area contributed by atoms with Crippen LogP contribution in [0, 0.1) is 5.92 Å². The van der Waals surface area contributed by atoms with Gasteiger partial charge in [0.15, 0.2) is 5.82 Å². The maximum Gasteiger partial charge on any atom is 0.244 e. The zero-order chi connectivity index (χ0) is 11.7. The van der Waals surface area contributed by atoms with E-state index in [0.29, 0.717) is 11.2 Å². The molecule has 0 spiro atoms. The van der Waals surface area contributed by atoms with Gasteiger partial charge in [0.25, 0.3) is 0 Å². The number of hydrogen-bond donors (Lipinski definition) is 1. The third-order valence-corrected chi connectivity index (χ3v) is 6.11. The first kappa shape index (κ1) is 11.9. The van der Waals surface area contributed by atoms with Gasteiger partial charge in [0, 0.05) is 17.3 Å². The van der Waals surface area contributed by atoms with Gasteiger partial charge in [0.1, 0.15) is 0 Å². The molecular formula is C11H17N3OS2. The summed E-state index contributed by atoms with van der Waals surface area (Å²) < 4.78 is 5.43. The number of nitrogens with one attached hydrogen (secondary N) is 1. The first-order chi connectivity index (χ1) is 8.34. The van der Waals surface area contributed by atoms with Crippen molar-refractivity contribution in [2.24, 2.45) is 5.92 Å². The first-order valence-corrected chi connectivity index (χ1v) is 8.31. The Hall–Kier alpha value is -0.200. The van der Waals surface area contributed by atoms with Gasteiger partial charge in [-0.25, -0.2) is 0 Å². The molecule has 0 amide bonds. The molecule has 1 N–H and O–H groups in total. The van der Waals surface area contributed by atoms with Crippen molar-refractivity contribution in [1.82, 2.24) is 15.5 Å². The van der Waals surface area contributed by atoms with Crippen molar-refractivity contribution in [3.8, 4) is 0 Å². The quantitative estimate of drug-likeness (QED) is 0.890. The summed E-state index contributed by atoms with van der Waals surface area (Å²) in [6, 6.07) is 0.262. The van der Waals surface area contributed by atoms with Gasteiger partial charge in [-0.2, -0.15) is 16.7 Å². The van der Waals surface area contributed by atoms with Crippen LogP contribution >= 0.6 is 23.5 Å². The maximum atomic E-state index is 5.43. The molecule has 2 aliphatic rings. The number of thioether (sulfide) groups is 2. The van der Waals surface area contributed by atoms with E-state index in [1.165, 1.54) is 17.9 Å². The second-order valence-corrected chi connectivity index (χ2v) is 7.08. The van der Waals surface area contributed by atoms with Gasteiger partial charge < -0.3 is 9.84 Å². The molecule has 4 nitrogen and oxygen atoms in total. The molecule has 0 aromatic carbocycles. The standard InChI is InChI=1S/C11H17N3OS2/c1-7-2-3-12-9(7)11-13-10(14-15-11)8-6-16-4-5-17-8/h7-9,12H,2-6H2,1H3. The van der Waals surface area contributed by atoms with E-state index in [-0.39, 0.29) is 6.04 Å². The SMILES string of the molecule is CC1CCNC1c1nc(C2CSCCS2)no1. The number of rotatable bonds is 2. The zero-order valence-corrected chi connectivity index (χ0v) is 11.5. The molecule has 0 aliphatic carbocycles. The fourth-order valence-electron chi connectivity index (χ4n) is 2.31. The highest BCUT2D eigenvalue weighted by Gasteiger charge is 2.30. The topological polar surface area (TPSA) is 51.0 Å². The van der Waals surface area contributed by atoms with Crippen LogP contribution < -0.4 is 5.32 Å². The molecular weight excluding hydrogens is 254 g/mol. The van der Waals surface area contributed by atoms with Crippen LogP contribution in [0.4, 0.5) is 0 Å². The Morgan fingerprint density at radius 3 is 3.06 bits per heavy atom. The van der Waals surface area contributed by atoms with Crippen LogP contribution in [0.1, 0.15) is 36.4 Å². The van der Waals surface area contributed by atoms with Gasteiger partial charge in [-0.05, 0) is 18.9 Å². The van der Waals surface area contributed by atoms with Crippen LogP contribution in [0.15, 0.2) is 4.52 Å². The summed E-state index contributed by atoms with van der Waals surface area (Å²) in [5.41, 5.74) is 0. The molecule has 1 aromatic rings. The average Bonchev–Trinajstić information content (AvgIpc) is 2.98. The minimum absolute atomic E-state index is 0.262. The van der Waals surface area contributed by atoms with E-state index in [4.69, 9.17) is 4.52 Å². The van der Waals surface area contributed by atoms with Crippen molar-refractivity contribution in [2.75, 3.05) is 23.8 Å². The van der Waals surface area contributed by atoms with Crippen molar-refractivity contribution in [3.63, 3.8) is 0 Å². The Bertz CT molecular complexity index is 379. The lowest BCUT2D eigenvalue weighted by Crippen LogP contribution is -2.17. The van der Waals surface area contributed by atoms with E-state index in [2.05, 4.69) is 22.4 Å². The van der Waals surface area contributed by atoms with Crippen molar-refractivity contribution in [3.05, 3.63) is 11.7 Å². The predicted molar refractivity (Wildman–Crippen MR) is 71.3 cm³/mol. The molecule has 2 fully saturated rings. The largest absolute Gasteiger partial charge is 0.338 e. The Labute approximate surface area is 110 Å². The highest BCUT2D eigenvalue weighted by molar-refractivity contribution is 8.06. The van der Waals surface area contributed by atoms with E-state index in [1.807, 2.05) is 23.5 Å². The molecule has 3 unspecified atom stereocenters. The van der Waals surface area contributed by atoms with Crippen LogP contribution in [0.3, 0.4) is 0 Å². The van der Waals surface area contributed by atoms with Crippen molar-refractivity contribution >= 4 is 23.5 Å². The zero-order valence-electron chi connectivity index (χ0n) is 9.89. The van der Waals surface area contributed by atoms with Crippen LogP contribution in [0.2, 0.25) is 0 Å². The van der Waals surface area contributed by atoms with Crippen molar-refractivity contribution < 1.29 is 4.52 Å². The lowest BCUT2D eigenvalue weighted by Gasteiger charge is -2.17. The number of aromatic nitrogens is 2. The molecule has 17 heavy (non-hydrogen) atoms. The van der Waals surface area contributed by atoms with Crippen LogP contribution in [0.25, 0.3) is 0 Å². The van der Waals surface area contributed by atoms with Crippen LogP contribution in [-0.2, 0) is 0 Å². The van der Waals surface area contributed by atoms with E-state index < -0.39 is 0 Å². The van der Waals surface area contributed by atoms with E-state index in [9.17, 15) is 0 Å². The Morgan fingerprint density at radius 2 is 2.35 bits per heavy atom. The lowest BCUT2D eigenvalue weighted by atomic mass is 10.0. The van der Waals surface area contributed by atoms with E-state index in [1.54, 1.807) is 0 Å². The summed E-state index contributed by atoms with van der Waals surface area (Å²) in [5, 5.41) is 8.01. The van der Waals surface area contributed by atoms with E-state index >= 15 is 0 Å². The van der Waals surface area contributed by atoms with Gasteiger partial charge in [0.05, 0.1) is 11.3 Å². The first-order valence-electron chi connectivity index (χ1n) is 6.11. The monoisotopic (exact) mass is 271 g/mol. The smallest absolute Gasteiger partial charge is 0.244 e. The molecule has 6 heteroatoms. The predicted octanol–water partition coefficient (Wildman–Crippen LogP) is 2.26. The molecule has 3 heterocycles. The minimum atomic E-state index is 0.262. The Morgan fingerprint density at radius 1 is 1.41 bits per heavy atom. The summed E-state index contributed by atoms with van der Waals surface area (Å²) >= 11 is 3.93. The minimum Gasteiger partial charge on any atom is -0.338 e. The molecule has 3 rings (SSSR count). The highest BCUT2D eigenvalue weighted by atomic mass is 32.2. The second-order valence-electron chi connectivity index (χ2n) is 4.62. The van der Waals surface area contributed by atoms with Gasteiger partial charge in [-0.3, -0.25) is 0 Å². The van der Waals surface area contributed by atoms with Crippen LogP contribution in [0.5, 0.6) is 0 Å². The molecule has 3 atom stereocenters. The third-order valence-electron chi connectivity index (χ3n) is 3.36. The number of nitrogens with zero attached hydrogens (tertiary/aromatic N) is 2. The normalized spacial score (nSPS) is 34.1. The summed E-state index contributed by atoms with van der Waals surface area (Å²) in [4.78, 5) is 4.59. The number of hydrogen-bond acceptors (Lipinski definition) is 6. The molecule has 0 saturated carbocycles. The maximum absolute atomic E-state index is 5.43. The fraction of sp³-hybridized carbons (Fsp3) is 0.818. The molecule has 94 valence electrons. The summed E-state index contributed by atoms with van der Waals surface area (Å²) in [7, 11) is 0. The molecule has 2 aliphatic heterocycles. The highest BCUT2D eigenvalue weighted by Crippen LogP contribution is 2.36. The van der Waals surface area contributed by atoms with Crippen LogP contribution in [-0.4, -0.2) is 33.9 Å². The van der Waals surface area contributed by atoms with Gasteiger partial charge in [-0.15, -0.1) is 11.8 Å². The van der Waals surface area contributed by atoms with Crippen molar-refractivity contribution in [1.29, 1.82) is 0 Å². The van der Waals surface area contributed by atoms with E-state index in [0.717, 1.165) is 24.0 Å². The molecule has 0 radical (unpaired) electrons. The summed E-state index contributed by atoms with van der Waals surface area (Å²) in [6.45, 7) is 3.29. The third kappa shape index (κ3) is 2.48. The molecule has 0 bridgehead atoms. The van der Waals surface area contributed by atoms with Crippen molar-refractivity contribution in [2.45, 2.75) is 24.6 Å². The second kappa shape index (κ2) is 5.20. The molecule has 2 saturated heterocycles. The Balaban J connectivity index is 1.73. The van der Waals surface area contributed by atoms with Gasteiger partial charge in [-0.1, -0.05) is 12.1 Å². The summed E-state index contributed by atoms with van der Waals surface area (Å²) in [5.74, 6) is 5.80. The summed E-state index contributed by atoms with van der Waals surface area (Å²) in [6.07, 6.45) is 1.19. The molecule has 1 aromatic heterocycles. The average molecular weight is 271 g/mol. The Kier molecular flexibility index (Phi) is 3.63.